The van der Waals surface area contributed by atoms with E-state index in [9.17, 15) is 4.79 Å². The Balaban J connectivity index is 2.24. The molecule has 0 aliphatic heterocycles. The molecule has 4 nitrogen and oxygen atoms in total. The summed E-state index contributed by atoms with van der Waals surface area (Å²) in [5.41, 5.74) is 0.898. The van der Waals surface area contributed by atoms with E-state index in [0.717, 1.165) is 30.4 Å². The minimum atomic E-state index is -0.0124. The van der Waals surface area contributed by atoms with Crippen LogP contribution in [0.4, 0.5) is 0 Å². The van der Waals surface area contributed by atoms with E-state index < -0.39 is 0 Å². The number of benzene rings is 1. The van der Waals surface area contributed by atoms with Crippen molar-refractivity contribution in [2.75, 3.05) is 6.54 Å². The van der Waals surface area contributed by atoms with Gasteiger partial charge in [-0.05, 0) is 32.0 Å². The Labute approximate surface area is 107 Å². The van der Waals surface area contributed by atoms with Gasteiger partial charge in [0.05, 0.1) is 11.7 Å². The van der Waals surface area contributed by atoms with Crippen molar-refractivity contribution in [3.05, 3.63) is 40.7 Å². The van der Waals surface area contributed by atoms with Crippen LogP contribution in [0.2, 0.25) is 0 Å². The lowest BCUT2D eigenvalue weighted by molar-refractivity contribution is 0.471. The Morgan fingerprint density at radius 1 is 1.39 bits per heavy atom. The van der Waals surface area contributed by atoms with Crippen molar-refractivity contribution in [2.24, 2.45) is 0 Å². The Morgan fingerprint density at radius 3 is 2.94 bits per heavy atom. The van der Waals surface area contributed by atoms with Crippen LogP contribution in [-0.2, 0) is 6.54 Å². The van der Waals surface area contributed by atoms with Gasteiger partial charge in [0.25, 0.3) is 0 Å². The number of hydrogen-bond acceptors (Lipinski definition) is 3. The molecular formula is C14H19N3O. The van der Waals surface area contributed by atoms with Crippen LogP contribution in [0, 0.1) is 0 Å². The molecule has 0 radical (unpaired) electrons. The highest BCUT2D eigenvalue weighted by molar-refractivity contribution is 5.77. The highest BCUT2D eigenvalue weighted by atomic mass is 16.1. The Kier molecular flexibility index (Phi) is 4.10. The third kappa shape index (κ3) is 2.76. The predicted octanol–water partition coefficient (Wildman–Crippen LogP) is 1.78. The normalized spacial score (nSPS) is 12.8. The molecule has 0 amide bonds. The zero-order valence-corrected chi connectivity index (χ0v) is 10.9. The molecule has 0 aliphatic carbocycles. The zero-order valence-electron chi connectivity index (χ0n) is 10.9. The van der Waals surface area contributed by atoms with Crippen LogP contribution in [0.3, 0.4) is 0 Å². The van der Waals surface area contributed by atoms with Crippen molar-refractivity contribution < 1.29 is 0 Å². The molecule has 0 aliphatic rings. The number of hydrogen-bond donors (Lipinski definition) is 1. The van der Waals surface area contributed by atoms with Gasteiger partial charge in [0.15, 0.2) is 0 Å². The van der Waals surface area contributed by atoms with Crippen LogP contribution < -0.4 is 10.7 Å². The fraction of sp³-hybridized carbons (Fsp3) is 0.429. The fourth-order valence-corrected chi connectivity index (χ4v) is 2.11. The second kappa shape index (κ2) is 5.78. The van der Waals surface area contributed by atoms with E-state index in [4.69, 9.17) is 0 Å². The number of nitrogens with one attached hydrogen (secondary N) is 1. The van der Waals surface area contributed by atoms with E-state index >= 15 is 0 Å². The number of fused-ring (bicyclic) bond motifs is 1. The van der Waals surface area contributed by atoms with E-state index in [2.05, 4.69) is 24.3 Å². The zero-order chi connectivity index (χ0) is 13.0. The molecule has 4 heteroatoms. The maximum atomic E-state index is 11.7. The van der Waals surface area contributed by atoms with Gasteiger partial charge in [0.2, 0.25) is 5.43 Å². The summed E-state index contributed by atoms with van der Waals surface area (Å²) >= 11 is 0. The van der Waals surface area contributed by atoms with E-state index in [1.165, 1.54) is 6.20 Å². The van der Waals surface area contributed by atoms with E-state index in [1.807, 2.05) is 28.9 Å². The van der Waals surface area contributed by atoms with Crippen molar-refractivity contribution in [2.45, 2.75) is 32.9 Å². The van der Waals surface area contributed by atoms with Crippen LogP contribution in [0.1, 0.15) is 20.3 Å². The SMILES string of the molecule is CCNC(C)CCn1ncc(=O)c2ccccc21. The third-order valence-corrected chi connectivity index (χ3v) is 3.09. The third-order valence-electron chi connectivity index (χ3n) is 3.09. The fourth-order valence-electron chi connectivity index (χ4n) is 2.11. The monoisotopic (exact) mass is 245 g/mol. The van der Waals surface area contributed by atoms with E-state index in [-0.39, 0.29) is 5.43 Å². The average Bonchev–Trinajstić information content (AvgIpc) is 2.39. The standard InChI is InChI=1S/C14H19N3O/c1-3-15-11(2)8-9-17-13-7-5-4-6-12(13)14(18)10-16-17/h4-7,10-11,15H,3,8-9H2,1-2H3. The van der Waals surface area contributed by atoms with Gasteiger partial charge < -0.3 is 5.32 Å². The summed E-state index contributed by atoms with van der Waals surface area (Å²) in [5, 5.41) is 8.33. The molecule has 18 heavy (non-hydrogen) atoms. The first-order valence-electron chi connectivity index (χ1n) is 6.40. The maximum Gasteiger partial charge on any atom is 0.207 e. The first-order chi connectivity index (χ1) is 8.72. The summed E-state index contributed by atoms with van der Waals surface area (Å²) in [6.45, 7) is 6.05. The second-order valence-corrected chi connectivity index (χ2v) is 4.50. The maximum absolute atomic E-state index is 11.7. The molecule has 0 saturated carbocycles. The summed E-state index contributed by atoms with van der Waals surface area (Å²) in [6, 6.07) is 8.07. The molecule has 1 aromatic heterocycles. The van der Waals surface area contributed by atoms with Crippen LogP contribution in [0.15, 0.2) is 35.3 Å². The quantitative estimate of drug-likeness (QED) is 0.873. The molecular weight excluding hydrogens is 226 g/mol. The minimum absolute atomic E-state index is 0.0124. The summed E-state index contributed by atoms with van der Waals surface area (Å²) in [4.78, 5) is 11.7. The summed E-state index contributed by atoms with van der Waals surface area (Å²) in [6.07, 6.45) is 2.40. The smallest absolute Gasteiger partial charge is 0.207 e. The van der Waals surface area contributed by atoms with Crippen molar-refractivity contribution in [1.82, 2.24) is 15.1 Å². The molecule has 0 fully saturated rings. The molecule has 1 atom stereocenters. The molecule has 1 heterocycles. The van der Waals surface area contributed by atoms with Gasteiger partial charge in [-0.2, -0.15) is 5.10 Å². The van der Waals surface area contributed by atoms with Gasteiger partial charge in [-0.3, -0.25) is 9.48 Å². The first kappa shape index (κ1) is 12.8. The lowest BCUT2D eigenvalue weighted by atomic mass is 10.2. The van der Waals surface area contributed by atoms with Crippen molar-refractivity contribution in [3.8, 4) is 0 Å². The summed E-state index contributed by atoms with van der Waals surface area (Å²) in [7, 11) is 0. The van der Waals surface area contributed by atoms with Crippen LogP contribution in [-0.4, -0.2) is 22.4 Å². The predicted molar refractivity (Wildman–Crippen MR) is 73.8 cm³/mol. The number of aromatic nitrogens is 2. The average molecular weight is 245 g/mol. The first-order valence-corrected chi connectivity index (χ1v) is 6.40. The van der Waals surface area contributed by atoms with Gasteiger partial charge in [-0.1, -0.05) is 19.1 Å². The lowest BCUT2D eigenvalue weighted by Gasteiger charge is -2.14. The van der Waals surface area contributed by atoms with Gasteiger partial charge in [0, 0.05) is 18.0 Å². The summed E-state index contributed by atoms with van der Waals surface area (Å²) in [5.74, 6) is 0. The van der Waals surface area contributed by atoms with Gasteiger partial charge in [-0.15, -0.1) is 0 Å². The largest absolute Gasteiger partial charge is 0.314 e. The lowest BCUT2D eigenvalue weighted by Crippen LogP contribution is -2.27. The minimum Gasteiger partial charge on any atom is -0.314 e. The van der Waals surface area contributed by atoms with Crippen molar-refractivity contribution in [3.63, 3.8) is 0 Å². The number of nitrogens with zero attached hydrogens (tertiary/aromatic N) is 2. The number of para-hydroxylation sites is 1. The molecule has 1 N–H and O–H groups in total. The van der Waals surface area contributed by atoms with Gasteiger partial charge >= 0.3 is 0 Å². The topological polar surface area (TPSA) is 46.9 Å². The second-order valence-electron chi connectivity index (χ2n) is 4.50. The highest BCUT2D eigenvalue weighted by Gasteiger charge is 2.05. The number of aryl methyl sites for hydroxylation is 1. The molecule has 0 spiro atoms. The molecule has 1 aromatic carbocycles. The highest BCUT2D eigenvalue weighted by Crippen LogP contribution is 2.08. The van der Waals surface area contributed by atoms with Crippen LogP contribution in [0.25, 0.3) is 10.9 Å². The van der Waals surface area contributed by atoms with Gasteiger partial charge in [-0.25, -0.2) is 0 Å². The molecule has 0 bridgehead atoms. The Morgan fingerprint density at radius 2 is 2.17 bits per heavy atom. The molecule has 2 aromatic rings. The summed E-state index contributed by atoms with van der Waals surface area (Å²) < 4.78 is 1.91. The molecule has 96 valence electrons. The molecule has 0 saturated heterocycles. The van der Waals surface area contributed by atoms with Gasteiger partial charge in [0.1, 0.15) is 0 Å². The van der Waals surface area contributed by atoms with Crippen LogP contribution >= 0.6 is 0 Å². The number of rotatable bonds is 5. The van der Waals surface area contributed by atoms with Crippen molar-refractivity contribution >= 4 is 10.9 Å². The van der Waals surface area contributed by atoms with E-state index in [1.54, 1.807) is 0 Å². The van der Waals surface area contributed by atoms with E-state index in [0.29, 0.717) is 6.04 Å². The Hall–Kier alpha value is -1.68. The van der Waals surface area contributed by atoms with Crippen molar-refractivity contribution in [1.29, 1.82) is 0 Å². The van der Waals surface area contributed by atoms with Crippen LogP contribution in [0.5, 0.6) is 0 Å². The molecule has 1 unspecified atom stereocenters. The molecule has 2 rings (SSSR count). The Bertz CT molecular complexity index is 577.